The molecule has 5 heteroatoms. The number of nitrogens with one attached hydrogen (secondary N) is 1. The van der Waals surface area contributed by atoms with Crippen molar-refractivity contribution in [1.82, 2.24) is 10.2 Å². The second kappa shape index (κ2) is 8.45. The minimum absolute atomic E-state index is 0.0672. The maximum Gasteiger partial charge on any atom is 0.255 e. The van der Waals surface area contributed by atoms with Gasteiger partial charge in [-0.3, -0.25) is 4.79 Å². The van der Waals surface area contributed by atoms with E-state index in [-0.39, 0.29) is 5.91 Å². The zero-order chi connectivity index (χ0) is 16.8. The third-order valence-corrected chi connectivity index (χ3v) is 6.29. The van der Waals surface area contributed by atoms with Gasteiger partial charge in [0.2, 0.25) is 0 Å². The van der Waals surface area contributed by atoms with Gasteiger partial charge < -0.3 is 15.3 Å². The Morgan fingerprint density at radius 3 is 2.88 bits per heavy atom. The number of aliphatic hydroxyl groups is 1. The molecule has 0 unspecified atom stereocenters. The van der Waals surface area contributed by atoms with Crippen LogP contribution in [0.25, 0.3) is 0 Å². The number of carbonyl (C=O) groups excluding carboxylic acids is 1. The summed E-state index contributed by atoms with van der Waals surface area (Å²) in [7, 11) is 0. The van der Waals surface area contributed by atoms with Gasteiger partial charge in [-0.05, 0) is 47.6 Å². The number of carbonyl (C=O) groups is 1. The van der Waals surface area contributed by atoms with Crippen molar-refractivity contribution in [3.05, 3.63) is 22.4 Å². The second-order valence-corrected chi connectivity index (χ2v) is 8.24. The van der Waals surface area contributed by atoms with Crippen LogP contribution in [-0.4, -0.2) is 41.1 Å². The minimum Gasteiger partial charge on any atom is -0.379 e. The molecule has 0 bridgehead atoms. The van der Waals surface area contributed by atoms with E-state index in [1.54, 1.807) is 11.3 Å². The summed E-state index contributed by atoms with van der Waals surface area (Å²) in [6.45, 7) is 2.68. The fourth-order valence-electron chi connectivity index (χ4n) is 4.06. The largest absolute Gasteiger partial charge is 0.379 e. The first kappa shape index (κ1) is 17.9. The topological polar surface area (TPSA) is 52.6 Å². The molecule has 24 heavy (non-hydrogen) atoms. The second-order valence-electron chi connectivity index (χ2n) is 7.46. The van der Waals surface area contributed by atoms with Crippen LogP contribution in [0, 0.1) is 5.92 Å². The number of amides is 1. The number of rotatable bonds is 7. The van der Waals surface area contributed by atoms with E-state index in [0.29, 0.717) is 19.5 Å². The van der Waals surface area contributed by atoms with Crippen molar-refractivity contribution in [2.45, 2.75) is 63.5 Å². The van der Waals surface area contributed by atoms with Crippen molar-refractivity contribution in [3.63, 3.8) is 0 Å². The molecule has 1 aliphatic heterocycles. The van der Waals surface area contributed by atoms with Crippen molar-refractivity contribution >= 4 is 17.2 Å². The fourth-order valence-corrected chi connectivity index (χ4v) is 4.73. The van der Waals surface area contributed by atoms with Gasteiger partial charge in [0, 0.05) is 26.2 Å². The monoisotopic (exact) mass is 350 g/mol. The molecule has 2 fully saturated rings. The average molecular weight is 351 g/mol. The van der Waals surface area contributed by atoms with Crippen LogP contribution in [0.4, 0.5) is 0 Å². The molecule has 1 saturated heterocycles. The van der Waals surface area contributed by atoms with Crippen molar-refractivity contribution < 1.29 is 9.90 Å². The van der Waals surface area contributed by atoms with Crippen LogP contribution < -0.4 is 5.32 Å². The van der Waals surface area contributed by atoms with Crippen LogP contribution in [0.2, 0.25) is 0 Å². The lowest BCUT2D eigenvalue weighted by atomic mass is 9.86. The minimum atomic E-state index is -1.22. The standard InChI is InChI=1S/C19H30N2O2S/c22-18-19(23,15-20-13-17-8-12-24-14-17)9-4-10-21(18)11-7-16-5-2-1-3-6-16/h8,12,14,16,20,23H,1-7,9-11,13,15H2/t19-/m1/s1. The molecule has 1 saturated carbocycles. The summed E-state index contributed by atoms with van der Waals surface area (Å²) in [5, 5.41) is 18.2. The molecule has 0 spiro atoms. The number of hydrogen-bond donors (Lipinski definition) is 2. The van der Waals surface area contributed by atoms with Gasteiger partial charge in [0.15, 0.2) is 5.60 Å². The first-order chi connectivity index (χ1) is 11.7. The molecule has 1 atom stereocenters. The number of likely N-dealkylation sites (tertiary alicyclic amines) is 1. The zero-order valence-corrected chi connectivity index (χ0v) is 15.3. The van der Waals surface area contributed by atoms with Crippen molar-refractivity contribution in [2.24, 2.45) is 5.92 Å². The SMILES string of the molecule is O=C1N(CCC2CCCCC2)CCC[C@@]1(O)CNCc1ccsc1. The van der Waals surface area contributed by atoms with Crippen LogP contribution in [0.5, 0.6) is 0 Å². The van der Waals surface area contributed by atoms with E-state index in [2.05, 4.69) is 16.8 Å². The van der Waals surface area contributed by atoms with Crippen LogP contribution >= 0.6 is 11.3 Å². The van der Waals surface area contributed by atoms with Gasteiger partial charge in [0.25, 0.3) is 5.91 Å². The Bertz CT molecular complexity index is 513. The van der Waals surface area contributed by atoms with Crippen LogP contribution in [0.3, 0.4) is 0 Å². The van der Waals surface area contributed by atoms with Gasteiger partial charge >= 0.3 is 0 Å². The maximum absolute atomic E-state index is 12.8. The molecule has 1 aromatic rings. The Kier molecular flexibility index (Phi) is 6.31. The van der Waals surface area contributed by atoms with Crippen molar-refractivity contribution in [2.75, 3.05) is 19.6 Å². The molecule has 3 rings (SSSR count). The van der Waals surface area contributed by atoms with E-state index >= 15 is 0 Å². The molecule has 1 aromatic heterocycles. The van der Waals surface area contributed by atoms with Gasteiger partial charge in [-0.2, -0.15) is 11.3 Å². The molecular weight excluding hydrogens is 320 g/mol. The third-order valence-electron chi connectivity index (χ3n) is 5.56. The number of hydrogen-bond acceptors (Lipinski definition) is 4. The molecule has 2 heterocycles. The summed E-state index contributed by atoms with van der Waals surface area (Å²) in [4.78, 5) is 14.7. The molecular formula is C19H30N2O2S. The lowest BCUT2D eigenvalue weighted by Crippen LogP contribution is -2.58. The average Bonchev–Trinajstić information content (AvgIpc) is 3.11. The highest BCUT2D eigenvalue weighted by Crippen LogP contribution is 2.28. The highest BCUT2D eigenvalue weighted by Gasteiger charge is 2.41. The predicted molar refractivity (Wildman–Crippen MR) is 98.0 cm³/mol. The van der Waals surface area contributed by atoms with E-state index in [9.17, 15) is 9.90 Å². The molecule has 0 aromatic carbocycles. The number of nitrogens with zero attached hydrogens (tertiary/aromatic N) is 1. The van der Waals surface area contributed by atoms with Crippen molar-refractivity contribution in [1.29, 1.82) is 0 Å². The molecule has 2 N–H and O–H groups in total. The lowest BCUT2D eigenvalue weighted by molar-refractivity contribution is -0.156. The highest BCUT2D eigenvalue weighted by atomic mass is 32.1. The quantitative estimate of drug-likeness (QED) is 0.794. The van der Waals surface area contributed by atoms with Crippen LogP contribution in [0.1, 0.15) is 56.9 Å². The number of thiophene rings is 1. The van der Waals surface area contributed by atoms with Gasteiger partial charge in [0.05, 0.1) is 0 Å². The lowest BCUT2D eigenvalue weighted by Gasteiger charge is -2.39. The van der Waals surface area contributed by atoms with Gasteiger partial charge in [0.1, 0.15) is 0 Å². The Balaban J connectivity index is 1.47. The molecule has 0 radical (unpaired) electrons. The molecule has 1 amide bonds. The Labute approximate surface area is 149 Å². The van der Waals surface area contributed by atoms with Crippen LogP contribution in [-0.2, 0) is 11.3 Å². The Morgan fingerprint density at radius 2 is 2.12 bits per heavy atom. The van der Waals surface area contributed by atoms with Gasteiger partial charge in [-0.1, -0.05) is 32.1 Å². The van der Waals surface area contributed by atoms with Crippen molar-refractivity contribution in [3.8, 4) is 0 Å². The fraction of sp³-hybridized carbons (Fsp3) is 0.737. The molecule has 134 valence electrons. The third kappa shape index (κ3) is 4.58. The highest BCUT2D eigenvalue weighted by molar-refractivity contribution is 7.07. The Morgan fingerprint density at radius 1 is 1.29 bits per heavy atom. The summed E-state index contributed by atoms with van der Waals surface area (Å²) in [6, 6.07) is 2.07. The predicted octanol–water partition coefficient (Wildman–Crippen LogP) is 3.16. The van der Waals surface area contributed by atoms with Gasteiger partial charge in [-0.25, -0.2) is 0 Å². The molecule has 4 nitrogen and oxygen atoms in total. The normalized spacial score (nSPS) is 26.0. The first-order valence-electron chi connectivity index (χ1n) is 9.41. The van der Waals surface area contributed by atoms with E-state index in [0.717, 1.165) is 31.8 Å². The zero-order valence-electron chi connectivity index (χ0n) is 14.5. The summed E-state index contributed by atoms with van der Waals surface area (Å²) in [6.07, 6.45) is 9.25. The Hall–Kier alpha value is -0.910. The van der Waals surface area contributed by atoms with E-state index in [1.807, 2.05) is 10.3 Å². The van der Waals surface area contributed by atoms with E-state index in [4.69, 9.17) is 0 Å². The number of piperidine rings is 1. The summed E-state index contributed by atoms with van der Waals surface area (Å²) < 4.78 is 0. The van der Waals surface area contributed by atoms with E-state index in [1.165, 1.54) is 37.7 Å². The molecule has 2 aliphatic rings. The van der Waals surface area contributed by atoms with E-state index < -0.39 is 5.60 Å². The van der Waals surface area contributed by atoms with Gasteiger partial charge in [-0.15, -0.1) is 0 Å². The summed E-state index contributed by atoms with van der Waals surface area (Å²) in [5.74, 6) is 0.709. The van der Waals surface area contributed by atoms with Crippen LogP contribution in [0.15, 0.2) is 16.8 Å². The summed E-state index contributed by atoms with van der Waals surface area (Å²) in [5.41, 5.74) is -0.0121. The maximum atomic E-state index is 12.8. The molecule has 1 aliphatic carbocycles. The summed E-state index contributed by atoms with van der Waals surface area (Å²) >= 11 is 1.67. The smallest absolute Gasteiger partial charge is 0.255 e. The first-order valence-corrected chi connectivity index (χ1v) is 10.4.